The lowest BCUT2D eigenvalue weighted by Crippen LogP contribution is -2.24. The van der Waals surface area contributed by atoms with Crippen LogP contribution in [-0.4, -0.2) is 30.1 Å². The number of benzene rings is 2. The van der Waals surface area contributed by atoms with Gasteiger partial charge in [0.05, 0.1) is 19.9 Å². The topological polar surface area (TPSA) is 85.4 Å². The minimum Gasteiger partial charge on any atom is -0.497 e. The Kier molecular flexibility index (Phi) is 5.84. The highest BCUT2D eigenvalue weighted by atomic mass is 16.5. The van der Waals surface area contributed by atoms with Gasteiger partial charge in [0, 0.05) is 18.8 Å². The first-order chi connectivity index (χ1) is 13.2. The van der Waals surface area contributed by atoms with Crippen LogP contribution in [0.25, 0.3) is 0 Å². The molecule has 2 N–H and O–H groups in total. The van der Waals surface area contributed by atoms with Crippen molar-refractivity contribution >= 4 is 17.5 Å². The molecule has 0 spiro atoms. The van der Waals surface area contributed by atoms with E-state index in [9.17, 15) is 4.79 Å². The van der Waals surface area contributed by atoms with Crippen LogP contribution in [0.15, 0.2) is 60.8 Å². The Bertz CT molecular complexity index is 916. The molecule has 0 bridgehead atoms. The van der Waals surface area contributed by atoms with Crippen LogP contribution in [0.5, 0.6) is 11.5 Å². The number of nitrogens with zero attached hydrogens (tertiary/aromatic N) is 2. The van der Waals surface area contributed by atoms with Crippen LogP contribution >= 0.6 is 0 Å². The molecule has 138 valence electrons. The molecule has 1 aromatic heterocycles. The first kappa shape index (κ1) is 18.2. The van der Waals surface area contributed by atoms with E-state index in [1.807, 2.05) is 30.3 Å². The third-order valence-corrected chi connectivity index (χ3v) is 3.84. The Morgan fingerprint density at radius 2 is 1.85 bits per heavy atom. The molecule has 0 aliphatic carbocycles. The lowest BCUT2D eigenvalue weighted by molar-refractivity contribution is 0.0946. The number of nitrogens with one attached hydrogen (secondary N) is 2. The normalized spacial score (nSPS) is 10.1. The third kappa shape index (κ3) is 4.72. The van der Waals surface area contributed by atoms with E-state index < -0.39 is 0 Å². The summed E-state index contributed by atoms with van der Waals surface area (Å²) in [7, 11) is 3.15. The summed E-state index contributed by atoms with van der Waals surface area (Å²) in [6.45, 7) is 0.427. The number of carbonyl (C=O) groups is 1. The van der Waals surface area contributed by atoms with E-state index in [-0.39, 0.29) is 17.5 Å². The fourth-order valence-electron chi connectivity index (χ4n) is 2.45. The van der Waals surface area contributed by atoms with E-state index in [1.54, 1.807) is 38.5 Å². The van der Waals surface area contributed by atoms with Gasteiger partial charge in [0.2, 0.25) is 5.95 Å². The largest absolute Gasteiger partial charge is 0.497 e. The van der Waals surface area contributed by atoms with Crippen molar-refractivity contribution < 1.29 is 14.3 Å². The summed E-state index contributed by atoms with van der Waals surface area (Å²) in [5.74, 6) is 1.28. The molecule has 0 aliphatic rings. The van der Waals surface area contributed by atoms with Crippen LogP contribution in [-0.2, 0) is 6.54 Å². The number of hydrogen-bond donors (Lipinski definition) is 2. The molecule has 0 aliphatic heterocycles. The second-order valence-corrected chi connectivity index (χ2v) is 5.62. The van der Waals surface area contributed by atoms with E-state index >= 15 is 0 Å². The molecule has 0 radical (unpaired) electrons. The molecule has 0 fully saturated rings. The molecule has 1 heterocycles. The number of methoxy groups -OCH3 is 2. The Labute approximate surface area is 157 Å². The van der Waals surface area contributed by atoms with Crippen LogP contribution in [0.4, 0.5) is 11.6 Å². The molecule has 0 saturated carbocycles. The van der Waals surface area contributed by atoms with Gasteiger partial charge in [0.25, 0.3) is 5.91 Å². The number of amides is 1. The maximum Gasteiger partial charge on any atom is 0.270 e. The average Bonchev–Trinajstić information content (AvgIpc) is 2.73. The van der Waals surface area contributed by atoms with Crippen molar-refractivity contribution in [2.24, 2.45) is 0 Å². The maximum absolute atomic E-state index is 12.4. The van der Waals surface area contributed by atoms with Gasteiger partial charge in [-0.2, -0.15) is 0 Å². The minimum atomic E-state index is -0.276. The highest BCUT2D eigenvalue weighted by molar-refractivity contribution is 5.92. The standard InChI is InChI=1S/C20H20N4O3/c1-26-15-8-9-18(27-2)17(12-15)24-20-21-11-10-16(23-20)19(25)22-13-14-6-4-3-5-7-14/h3-12H,13H2,1-2H3,(H,22,25)(H,21,23,24). The SMILES string of the molecule is COc1ccc(OC)c(Nc2nccc(C(=O)NCc3ccccc3)n2)c1. The molecule has 0 unspecified atom stereocenters. The van der Waals surface area contributed by atoms with Crippen molar-refractivity contribution in [2.45, 2.75) is 6.54 Å². The lowest BCUT2D eigenvalue weighted by atomic mass is 10.2. The summed E-state index contributed by atoms with van der Waals surface area (Å²) in [6.07, 6.45) is 1.53. The summed E-state index contributed by atoms with van der Waals surface area (Å²) in [5.41, 5.74) is 1.92. The van der Waals surface area contributed by atoms with Crippen LogP contribution in [0.1, 0.15) is 16.1 Å². The van der Waals surface area contributed by atoms with Crippen molar-refractivity contribution in [3.63, 3.8) is 0 Å². The fourth-order valence-corrected chi connectivity index (χ4v) is 2.45. The zero-order valence-corrected chi connectivity index (χ0v) is 15.1. The van der Waals surface area contributed by atoms with E-state index in [1.165, 1.54) is 6.20 Å². The summed E-state index contributed by atoms with van der Waals surface area (Å²) >= 11 is 0. The summed E-state index contributed by atoms with van der Waals surface area (Å²) < 4.78 is 10.6. The Balaban J connectivity index is 1.73. The van der Waals surface area contributed by atoms with Crippen molar-refractivity contribution in [3.05, 3.63) is 72.1 Å². The molecule has 3 rings (SSSR count). The highest BCUT2D eigenvalue weighted by Gasteiger charge is 2.11. The Hall–Kier alpha value is -3.61. The van der Waals surface area contributed by atoms with Gasteiger partial charge in [-0.15, -0.1) is 0 Å². The van der Waals surface area contributed by atoms with Gasteiger partial charge in [-0.25, -0.2) is 9.97 Å². The van der Waals surface area contributed by atoms with Crippen molar-refractivity contribution in [1.29, 1.82) is 0 Å². The Morgan fingerprint density at radius 3 is 2.59 bits per heavy atom. The zero-order valence-electron chi connectivity index (χ0n) is 15.1. The number of hydrogen-bond acceptors (Lipinski definition) is 6. The monoisotopic (exact) mass is 364 g/mol. The second kappa shape index (κ2) is 8.66. The molecule has 7 heteroatoms. The van der Waals surface area contributed by atoms with Gasteiger partial charge in [-0.1, -0.05) is 30.3 Å². The molecular formula is C20H20N4O3. The van der Waals surface area contributed by atoms with Gasteiger partial charge in [-0.3, -0.25) is 4.79 Å². The Morgan fingerprint density at radius 1 is 1.04 bits per heavy atom. The second-order valence-electron chi connectivity index (χ2n) is 5.62. The molecule has 0 atom stereocenters. The minimum absolute atomic E-state index is 0.269. The van der Waals surface area contributed by atoms with E-state index in [0.717, 1.165) is 5.56 Å². The van der Waals surface area contributed by atoms with Crippen molar-refractivity contribution in [1.82, 2.24) is 15.3 Å². The quantitative estimate of drug-likeness (QED) is 0.670. The summed E-state index contributed by atoms with van der Waals surface area (Å²) in [6, 6.07) is 16.6. The van der Waals surface area contributed by atoms with Gasteiger partial charge in [-0.05, 0) is 23.8 Å². The number of ether oxygens (including phenoxy) is 2. The molecule has 3 aromatic rings. The number of aromatic nitrogens is 2. The van der Waals surface area contributed by atoms with Crippen molar-refractivity contribution in [2.75, 3.05) is 19.5 Å². The van der Waals surface area contributed by atoms with Crippen LogP contribution in [0.3, 0.4) is 0 Å². The van der Waals surface area contributed by atoms with Gasteiger partial charge >= 0.3 is 0 Å². The molecule has 0 saturated heterocycles. The predicted octanol–water partition coefficient (Wildman–Crippen LogP) is 3.17. The molecule has 7 nitrogen and oxygen atoms in total. The van der Waals surface area contributed by atoms with E-state index in [2.05, 4.69) is 20.6 Å². The van der Waals surface area contributed by atoms with Crippen molar-refractivity contribution in [3.8, 4) is 11.5 Å². The first-order valence-electron chi connectivity index (χ1n) is 8.34. The zero-order chi connectivity index (χ0) is 19.1. The van der Waals surface area contributed by atoms with Gasteiger partial charge < -0.3 is 20.1 Å². The van der Waals surface area contributed by atoms with Gasteiger partial charge in [0.15, 0.2) is 0 Å². The molecule has 27 heavy (non-hydrogen) atoms. The number of carbonyl (C=O) groups excluding carboxylic acids is 1. The fraction of sp³-hybridized carbons (Fsp3) is 0.150. The highest BCUT2D eigenvalue weighted by Crippen LogP contribution is 2.30. The summed E-state index contributed by atoms with van der Waals surface area (Å²) in [4.78, 5) is 20.8. The predicted molar refractivity (Wildman–Crippen MR) is 102 cm³/mol. The first-order valence-corrected chi connectivity index (χ1v) is 8.34. The van der Waals surface area contributed by atoms with Gasteiger partial charge in [0.1, 0.15) is 17.2 Å². The van der Waals surface area contributed by atoms with E-state index in [0.29, 0.717) is 23.7 Å². The lowest BCUT2D eigenvalue weighted by Gasteiger charge is -2.12. The molecular weight excluding hydrogens is 344 g/mol. The van der Waals surface area contributed by atoms with E-state index in [4.69, 9.17) is 9.47 Å². The van der Waals surface area contributed by atoms with Crippen LogP contribution in [0, 0.1) is 0 Å². The smallest absolute Gasteiger partial charge is 0.270 e. The van der Waals surface area contributed by atoms with Crippen LogP contribution in [0.2, 0.25) is 0 Å². The molecule has 1 amide bonds. The number of anilines is 2. The van der Waals surface area contributed by atoms with Crippen LogP contribution < -0.4 is 20.1 Å². The third-order valence-electron chi connectivity index (χ3n) is 3.84. The maximum atomic E-state index is 12.4. The molecule has 2 aromatic carbocycles. The summed E-state index contributed by atoms with van der Waals surface area (Å²) in [5, 5.41) is 5.91. The number of rotatable bonds is 7. The average molecular weight is 364 g/mol.